The van der Waals surface area contributed by atoms with E-state index in [0.717, 1.165) is 13.1 Å². The van der Waals surface area contributed by atoms with E-state index in [1.54, 1.807) is 4.90 Å². The van der Waals surface area contributed by atoms with E-state index in [4.69, 9.17) is 0 Å². The van der Waals surface area contributed by atoms with Crippen molar-refractivity contribution in [3.05, 3.63) is 0 Å². The van der Waals surface area contributed by atoms with Gasteiger partial charge in [0.2, 0.25) is 5.91 Å². The summed E-state index contributed by atoms with van der Waals surface area (Å²) in [7, 11) is 0. The third-order valence-corrected chi connectivity index (χ3v) is 2.77. The van der Waals surface area contributed by atoms with Crippen molar-refractivity contribution in [2.75, 3.05) is 26.2 Å². The first-order valence-corrected chi connectivity index (χ1v) is 5.52. The van der Waals surface area contributed by atoms with Crippen molar-refractivity contribution >= 4 is 11.7 Å². The lowest BCUT2D eigenvalue weighted by atomic mass is 10.3. The molecule has 0 saturated carbocycles. The Morgan fingerprint density at radius 2 is 2.00 bits per heavy atom. The lowest BCUT2D eigenvalue weighted by molar-refractivity contribution is -0.134. The number of rotatable bonds is 3. The molecular weight excluding hydrogens is 192 g/mol. The molecule has 1 amide bonds. The molecule has 1 aliphatic heterocycles. The summed E-state index contributed by atoms with van der Waals surface area (Å²) in [4.78, 5) is 26.6. The second-order valence-electron chi connectivity index (χ2n) is 4.40. The summed E-state index contributed by atoms with van der Waals surface area (Å²) in [5, 5.41) is 0. The molecule has 0 atom stereocenters. The predicted molar refractivity (Wildman–Crippen MR) is 58.6 cm³/mol. The Bertz CT molecular complexity index is 251. The molecule has 0 unspecified atom stereocenters. The standard InChI is InChI=1S/C11H20N2O2/c1-9(2)12-5-4-11(15)13(7-6-12)8-10(3)14/h9H,4-8H2,1-3H3. The molecule has 0 spiro atoms. The molecule has 0 radical (unpaired) electrons. The lowest BCUT2D eigenvalue weighted by Crippen LogP contribution is -2.37. The van der Waals surface area contributed by atoms with E-state index in [0.29, 0.717) is 19.0 Å². The molecule has 0 aromatic heterocycles. The summed E-state index contributed by atoms with van der Waals surface area (Å²) < 4.78 is 0. The van der Waals surface area contributed by atoms with Gasteiger partial charge in [0.25, 0.3) is 0 Å². The number of hydrogen-bond acceptors (Lipinski definition) is 3. The zero-order valence-electron chi connectivity index (χ0n) is 9.82. The van der Waals surface area contributed by atoms with Gasteiger partial charge < -0.3 is 4.90 Å². The van der Waals surface area contributed by atoms with Crippen molar-refractivity contribution in [3.63, 3.8) is 0 Å². The third kappa shape index (κ3) is 3.63. The van der Waals surface area contributed by atoms with Crippen molar-refractivity contribution < 1.29 is 9.59 Å². The maximum atomic E-state index is 11.7. The maximum absolute atomic E-state index is 11.7. The highest BCUT2D eigenvalue weighted by molar-refractivity contribution is 5.84. The Balaban J connectivity index is 2.55. The van der Waals surface area contributed by atoms with E-state index >= 15 is 0 Å². The average molecular weight is 212 g/mol. The highest BCUT2D eigenvalue weighted by atomic mass is 16.2. The average Bonchev–Trinajstić information content (AvgIpc) is 2.29. The maximum Gasteiger partial charge on any atom is 0.224 e. The van der Waals surface area contributed by atoms with Crippen molar-refractivity contribution in [2.24, 2.45) is 0 Å². The first-order valence-electron chi connectivity index (χ1n) is 5.52. The topological polar surface area (TPSA) is 40.6 Å². The Labute approximate surface area is 91.2 Å². The van der Waals surface area contributed by atoms with Gasteiger partial charge in [-0.1, -0.05) is 0 Å². The SMILES string of the molecule is CC(=O)CN1CCN(C(C)C)CCC1=O. The van der Waals surface area contributed by atoms with Gasteiger partial charge in [0.15, 0.2) is 0 Å². The Kier molecular flexibility index (Phi) is 4.27. The van der Waals surface area contributed by atoms with Gasteiger partial charge >= 0.3 is 0 Å². The number of Topliss-reactive ketones (excluding diaryl/α,β-unsaturated/α-hetero) is 1. The van der Waals surface area contributed by atoms with Gasteiger partial charge in [0.05, 0.1) is 6.54 Å². The minimum absolute atomic E-state index is 0.0568. The van der Waals surface area contributed by atoms with E-state index in [-0.39, 0.29) is 18.2 Å². The van der Waals surface area contributed by atoms with Gasteiger partial charge in [0, 0.05) is 32.1 Å². The van der Waals surface area contributed by atoms with Crippen molar-refractivity contribution in [1.82, 2.24) is 9.80 Å². The largest absolute Gasteiger partial charge is 0.334 e. The molecule has 86 valence electrons. The van der Waals surface area contributed by atoms with Crippen molar-refractivity contribution in [3.8, 4) is 0 Å². The molecule has 0 aromatic rings. The lowest BCUT2D eigenvalue weighted by Gasteiger charge is -2.24. The smallest absolute Gasteiger partial charge is 0.224 e. The van der Waals surface area contributed by atoms with Crippen LogP contribution in [0, 0.1) is 0 Å². The molecule has 1 rings (SSSR count). The van der Waals surface area contributed by atoms with E-state index < -0.39 is 0 Å². The van der Waals surface area contributed by atoms with Crippen LogP contribution in [-0.4, -0.2) is 53.7 Å². The Morgan fingerprint density at radius 1 is 1.33 bits per heavy atom. The molecule has 0 aromatic carbocycles. The summed E-state index contributed by atoms with van der Waals surface area (Å²) >= 11 is 0. The number of carbonyl (C=O) groups is 2. The number of amides is 1. The Morgan fingerprint density at radius 3 is 2.53 bits per heavy atom. The predicted octanol–water partition coefficient (Wildman–Crippen LogP) is 0.518. The minimum atomic E-state index is 0.0568. The second kappa shape index (κ2) is 5.26. The number of hydrogen-bond donors (Lipinski definition) is 0. The van der Waals surface area contributed by atoms with Crippen molar-refractivity contribution in [1.29, 1.82) is 0 Å². The minimum Gasteiger partial charge on any atom is -0.334 e. The van der Waals surface area contributed by atoms with Crippen LogP contribution in [0.1, 0.15) is 27.2 Å². The molecule has 1 heterocycles. The fraction of sp³-hybridized carbons (Fsp3) is 0.818. The van der Waals surface area contributed by atoms with E-state index in [2.05, 4.69) is 18.7 Å². The number of ketones is 1. The zero-order valence-corrected chi connectivity index (χ0v) is 9.82. The normalized spacial score (nSPS) is 19.5. The van der Waals surface area contributed by atoms with Crippen LogP contribution in [0.25, 0.3) is 0 Å². The van der Waals surface area contributed by atoms with Crippen molar-refractivity contribution in [2.45, 2.75) is 33.2 Å². The first-order chi connectivity index (χ1) is 7.00. The van der Waals surface area contributed by atoms with E-state index in [9.17, 15) is 9.59 Å². The summed E-state index contributed by atoms with van der Waals surface area (Å²) in [6, 6.07) is 0.468. The first kappa shape index (κ1) is 12.2. The third-order valence-electron chi connectivity index (χ3n) is 2.77. The second-order valence-corrected chi connectivity index (χ2v) is 4.40. The van der Waals surface area contributed by atoms with Gasteiger partial charge in [-0.15, -0.1) is 0 Å². The van der Waals surface area contributed by atoms with Crippen LogP contribution in [0.15, 0.2) is 0 Å². The molecule has 1 fully saturated rings. The molecule has 1 aliphatic rings. The van der Waals surface area contributed by atoms with Crippen LogP contribution in [0.5, 0.6) is 0 Å². The number of nitrogens with zero attached hydrogens (tertiary/aromatic N) is 2. The fourth-order valence-corrected chi connectivity index (χ4v) is 1.84. The summed E-state index contributed by atoms with van der Waals surface area (Å²) in [5.74, 6) is 0.162. The summed E-state index contributed by atoms with van der Waals surface area (Å²) in [6.45, 7) is 8.41. The molecular formula is C11H20N2O2. The van der Waals surface area contributed by atoms with E-state index in [1.807, 2.05) is 0 Å². The van der Waals surface area contributed by atoms with Crippen LogP contribution in [0.4, 0.5) is 0 Å². The van der Waals surface area contributed by atoms with Gasteiger partial charge in [-0.2, -0.15) is 0 Å². The highest BCUT2D eigenvalue weighted by Crippen LogP contribution is 2.07. The fourth-order valence-electron chi connectivity index (χ4n) is 1.84. The molecule has 0 N–H and O–H groups in total. The summed E-state index contributed by atoms with van der Waals surface area (Å²) in [6.07, 6.45) is 0.533. The Hall–Kier alpha value is -0.900. The van der Waals surface area contributed by atoms with Gasteiger partial charge in [-0.3, -0.25) is 14.5 Å². The van der Waals surface area contributed by atoms with Crippen LogP contribution in [0.3, 0.4) is 0 Å². The highest BCUT2D eigenvalue weighted by Gasteiger charge is 2.22. The quantitative estimate of drug-likeness (QED) is 0.684. The molecule has 0 bridgehead atoms. The van der Waals surface area contributed by atoms with Crippen LogP contribution in [0.2, 0.25) is 0 Å². The molecule has 4 heteroatoms. The summed E-state index contributed by atoms with van der Waals surface area (Å²) in [5.41, 5.74) is 0. The monoisotopic (exact) mass is 212 g/mol. The zero-order chi connectivity index (χ0) is 11.4. The number of carbonyl (C=O) groups excluding carboxylic acids is 2. The van der Waals surface area contributed by atoms with Gasteiger partial charge in [-0.25, -0.2) is 0 Å². The molecule has 15 heavy (non-hydrogen) atoms. The van der Waals surface area contributed by atoms with E-state index in [1.165, 1.54) is 6.92 Å². The molecule has 1 saturated heterocycles. The molecule has 4 nitrogen and oxygen atoms in total. The van der Waals surface area contributed by atoms with Crippen LogP contribution in [-0.2, 0) is 9.59 Å². The van der Waals surface area contributed by atoms with Crippen LogP contribution < -0.4 is 0 Å². The van der Waals surface area contributed by atoms with Crippen LogP contribution >= 0.6 is 0 Å². The van der Waals surface area contributed by atoms with Gasteiger partial charge in [-0.05, 0) is 20.8 Å². The van der Waals surface area contributed by atoms with Gasteiger partial charge in [0.1, 0.15) is 5.78 Å². The molecule has 0 aliphatic carbocycles.